The van der Waals surface area contributed by atoms with Gasteiger partial charge in [-0.1, -0.05) is 226 Å². The van der Waals surface area contributed by atoms with Crippen molar-refractivity contribution in [3.8, 4) is 0 Å². The van der Waals surface area contributed by atoms with Crippen LogP contribution in [0.4, 0.5) is 0 Å². The Morgan fingerprint density at radius 2 is 0.730 bits per heavy atom. The highest BCUT2D eigenvalue weighted by atomic mass is 31.2. The van der Waals surface area contributed by atoms with Crippen molar-refractivity contribution in [2.75, 3.05) is 26.4 Å². The molecule has 0 aromatic rings. The standard InChI is InChI=1S/C62H103O11P/c1-4-7-10-13-16-19-22-25-27-28-29-30-32-35-38-41-44-47-50-53-62(66)73-59(55-69-60(64)51-48-45-42-39-36-33-24-21-18-15-12-9-6-3)57-71-74(67,68)70-56-58(54-63)72-61(65)52-49-46-43-40-37-34-31-26-23-20-17-14-11-8-5-2/h7-8,10-11,16-17,19-20,25-27,29-31,35,38,44,47,58-59,63H,4-6,9,12-15,18,21-24,28,32-34,36-37,39-43,45-46,48-57H2,1-3H3,(H,67,68)/b10-7-,11-8-,19-16-,20-17-,27-25-,30-29-,31-26-,38-35-,47-44-. The molecule has 0 heterocycles. The van der Waals surface area contributed by atoms with Crippen molar-refractivity contribution in [2.24, 2.45) is 0 Å². The van der Waals surface area contributed by atoms with E-state index in [-0.39, 0.29) is 25.9 Å². The van der Waals surface area contributed by atoms with Crippen molar-refractivity contribution >= 4 is 25.7 Å². The number of phosphoric acid groups is 1. The van der Waals surface area contributed by atoms with Gasteiger partial charge < -0.3 is 24.2 Å². The van der Waals surface area contributed by atoms with Crippen LogP contribution in [0.5, 0.6) is 0 Å². The molecule has 0 radical (unpaired) electrons. The van der Waals surface area contributed by atoms with E-state index in [1.165, 1.54) is 57.8 Å². The van der Waals surface area contributed by atoms with Crippen LogP contribution in [0, 0.1) is 0 Å². The van der Waals surface area contributed by atoms with Gasteiger partial charge in [0, 0.05) is 19.3 Å². The monoisotopic (exact) mass is 1050 g/mol. The highest BCUT2D eigenvalue weighted by Gasteiger charge is 2.28. The topological polar surface area (TPSA) is 155 Å². The van der Waals surface area contributed by atoms with E-state index in [0.29, 0.717) is 25.7 Å². The van der Waals surface area contributed by atoms with Crippen LogP contribution in [0.25, 0.3) is 0 Å². The van der Waals surface area contributed by atoms with E-state index >= 15 is 0 Å². The van der Waals surface area contributed by atoms with Gasteiger partial charge in [-0.15, -0.1) is 0 Å². The number of ether oxygens (including phenoxy) is 3. The van der Waals surface area contributed by atoms with Crippen LogP contribution in [0.2, 0.25) is 0 Å². The summed E-state index contributed by atoms with van der Waals surface area (Å²) in [5.41, 5.74) is 0. The molecule has 2 N–H and O–H groups in total. The van der Waals surface area contributed by atoms with Crippen LogP contribution < -0.4 is 0 Å². The number of allylic oxidation sites excluding steroid dienone is 18. The van der Waals surface area contributed by atoms with Gasteiger partial charge in [-0.25, -0.2) is 4.57 Å². The predicted molar refractivity (Wildman–Crippen MR) is 307 cm³/mol. The molecule has 12 heteroatoms. The van der Waals surface area contributed by atoms with Gasteiger partial charge in [0.1, 0.15) is 12.7 Å². The molecule has 11 nitrogen and oxygen atoms in total. The van der Waals surface area contributed by atoms with E-state index < -0.39 is 57.8 Å². The minimum Gasteiger partial charge on any atom is -0.462 e. The van der Waals surface area contributed by atoms with Gasteiger partial charge in [0.2, 0.25) is 0 Å². The lowest BCUT2D eigenvalue weighted by molar-refractivity contribution is -0.161. The number of carbonyl (C=O) groups excluding carboxylic acids is 3. The summed E-state index contributed by atoms with van der Waals surface area (Å²) in [5, 5.41) is 9.81. The molecular formula is C62H103O11P. The lowest BCUT2D eigenvalue weighted by Crippen LogP contribution is -2.30. The highest BCUT2D eigenvalue weighted by molar-refractivity contribution is 7.47. The molecule has 0 rings (SSSR count). The summed E-state index contributed by atoms with van der Waals surface area (Å²) in [5.74, 6) is -1.59. The maximum Gasteiger partial charge on any atom is 0.472 e. The normalized spacial score (nSPS) is 14.2. The number of aliphatic hydroxyl groups is 1. The molecule has 0 saturated heterocycles. The number of phosphoric ester groups is 1. The van der Waals surface area contributed by atoms with Gasteiger partial charge in [0.15, 0.2) is 6.10 Å². The molecule has 0 aliphatic rings. The van der Waals surface area contributed by atoms with Crippen LogP contribution in [-0.4, -0.2) is 66.5 Å². The predicted octanol–water partition coefficient (Wildman–Crippen LogP) is 17.0. The third-order valence-electron chi connectivity index (χ3n) is 11.7. The van der Waals surface area contributed by atoms with Gasteiger partial charge >= 0.3 is 25.7 Å². The van der Waals surface area contributed by atoms with Crippen LogP contribution in [-0.2, 0) is 42.2 Å². The Morgan fingerprint density at radius 3 is 1.16 bits per heavy atom. The molecular weight excluding hydrogens is 952 g/mol. The van der Waals surface area contributed by atoms with Gasteiger partial charge in [-0.2, -0.15) is 0 Å². The van der Waals surface area contributed by atoms with Crippen LogP contribution in [0.15, 0.2) is 109 Å². The molecule has 422 valence electrons. The quantitative estimate of drug-likeness (QED) is 0.0197. The van der Waals surface area contributed by atoms with Gasteiger partial charge in [0.05, 0.1) is 19.8 Å². The second kappa shape index (κ2) is 55.4. The number of hydrogen-bond donors (Lipinski definition) is 2. The Kier molecular flexibility index (Phi) is 52.5. The maximum absolute atomic E-state index is 12.9. The number of unbranched alkanes of at least 4 members (excludes halogenated alkanes) is 17. The van der Waals surface area contributed by atoms with Crippen molar-refractivity contribution in [3.05, 3.63) is 109 Å². The van der Waals surface area contributed by atoms with Gasteiger partial charge in [-0.3, -0.25) is 23.4 Å². The summed E-state index contributed by atoms with van der Waals surface area (Å²) in [6.07, 6.45) is 66.3. The molecule has 0 bridgehead atoms. The fourth-order valence-corrected chi connectivity index (χ4v) is 8.18. The van der Waals surface area contributed by atoms with Gasteiger partial charge in [-0.05, 0) is 89.9 Å². The molecule has 0 amide bonds. The second-order valence-corrected chi connectivity index (χ2v) is 20.1. The van der Waals surface area contributed by atoms with Crippen LogP contribution in [0.1, 0.15) is 226 Å². The number of aliphatic hydroxyl groups excluding tert-OH is 1. The summed E-state index contributed by atoms with van der Waals surface area (Å²) < 4.78 is 39.4. The van der Waals surface area contributed by atoms with Crippen molar-refractivity contribution < 1.29 is 52.2 Å². The van der Waals surface area contributed by atoms with E-state index in [9.17, 15) is 28.9 Å². The van der Waals surface area contributed by atoms with E-state index in [0.717, 1.165) is 103 Å². The zero-order valence-corrected chi connectivity index (χ0v) is 47.4. The van der Waals surface area contributed by atoms with E-state index in [1.807, 2.05) is 12.2 Å². The third kappa shape index (κ3) is 53.0. The zero-order chi connectivity index (χ0) is 54.1. The van der Waals surface area contributed by atoms with E-state index in [2.05, 4.69) is 118 Å². The number of hydrogen-bond acceptors (Lipinski definition) is 10. The number of carbonyl (C=O) groups is 3. The Morgan fingerprint density at radius 1 is 0.392 bits per heavy atom. The van der Waals surface area contributed by atoms with Crippen molar-refractivity contribution in [1.29, 1.82) is 0 Å². The number of esters is 3. The largest absolute Gasteiger partial charge is 0.472 e. The Bertz CT molecular complexity index is 1660. The lowest BCUT2D eigenvalue weighted by Gasteiger charge is -2.21. The summed E-state index contributed by atoms with van der Waals surface area (Å²) in [6, 6.07) is 0. The average molecular weight is 1060 g/mol. The summed E-state index contributed by atoms with van der Waals surface area (Å²) >= 11 is 0. The van der Waals surface area contributed by atoms with Crippen molar-refractivity contribution in [1.82, 2.24) is 0 Å². The second-order valence-electron chi connectivity index (χ2n) is 18.7. The Hall–Kier alpha value is -3.86. The Balaban J connectivity index is 4.85. The highest BCUT2D eigenvalue weighted by Crippen LogP contribution is 2.43. The maximum atomic E-state index is 12.9. The SMILES string of the molecule is CC/C=C\C/C=C\C/C=C\C/C=C\C/C=C\C/C=C\CCC(=O)OC(COC(=O)CCCCCCCCCCCCCCC)COP(=O)(O)OCC(CO)OC(=O)CCCCCCC/C=C\C/C=C\C/C=C\CC. The lowest BCUT2D eigenvalue weighted by atomic mass is 10.0. The summed E-state index contributed by atoms with van der Waals surface area (Å²) in [4.78, 5) is 48.5. The molecule has 0 saturated carbocycles. The Labute approximate surface area is 450 Å². The molecule has 3 unspecified atom stereocenters. The summed E-state index contributed by atoms with van der Waals surface area (Å²) in [7, 11) is -4.78. The molecule has 74 heavy (non-hydrogen) atoms. The molecule has 0 aliphatic heterocycles. The molecule has 3 atom stereocenters. The summed E-state index contributed by atoms with van der Waals surface area (Å²) in [6.45, 7) is 4.31. The van der Waals surface area contributed by atoms with E-state index in [4.69, 9.17) is 23.3 Å². The third-order valence-corrected chi connectivity index (χ3v) is 12.7. The van der Waals surface area contributed by atoms with E-state index in [1.54, 1.807) is 0 Å². The minimum absolute atomic E-state index is 0.0378. The molecule has 0 fully saturated rings. The fourth-order valence-electron chi connectivity index (χ4n) is 7.40. The van der Waals surface area contributed by atoms with Crippen molar-refractivity contribution in [3.63, 3.8) is 0 Å². The average Bonchev–Trinajstić information content (AvgIpc) is 3.39. The van der Waals surface area contributed by atoms with Crippen molar-refractivity contribution in [2.45, 2.75) is 238 Å². The first-order valence-corrected chi connectivity index (χ1v) is 30.3. The zero-order valence-electron chi connectivity index (χ0n) is 46.5. The first-order chi connectivity index (χ1) is 36.2. The first kappa shape index (κ1) is 70.1. The number of rotatable bonds is 52. The minimum atomic E-state index is -4.78. The molecule has 0 aromatic carbocycles. The van der Waals surface area contributed by atoms with Crippen LogP contribution >= 0.6 is 7.82 Å². The molecule has 0 aliphatic carbocycles. The van der Waals surface area contributed by atoms with Gasteiger partial charge in [0.25, 0.3) is 0 Å². The molecule has 0 aromatic heterocycles. The smallest absolute Gasteiger partial charge is 0.462 e. The first-order valence-electron chi connectivity index (χ1n) is 28.8. The molecule has 0 spiro atoms. The van der Waals surface area contributed by atoms with Crippen LogP contribution in [0.3, 0.4) is 0 Å². The fraction of sp³-hybridized carbons (Fsp3) is 0.661.